The minimum atomic E-state index is 0.267. The first-order chi connectivity index (χ1) is 7.99. The number of piperazine rings is 1. The number of anilines is 2. The number of likely N-dealkylation sites (N-methyl/N-ethyl adjacent to an activating group) is 1. The summed E-state index contributed by atoms with van der Waals surface area (Å²) < 4.78 is 0. The highest BCUT2D eigenvalue weighted by Gasteiger charge is 2.28. The first kappa shape index (κ1) is 12.4. The molecule has 2 rings (SSSR count). The van der Waals surface area contributed by atoms with E-state index < -0.39 is 0 Å². The van der Waals surface area contributed by atoms with Crippen molar-refractivity contribution in [1.82, 2.24) is 14.9 Å². The molecule has 0 aliphatic carbocycles. The first-order valence-electron chi connectivity index (χ1n) is 5.74. The Labute approximate surface area is 107 Å². The van der Waals surface area contributed by atoms with Crippen LogP contribution < -0.4 is 10.6 Å². The van der Waals surface area contributed by atoms with Gasteiger partial charge >= 0.3 is 0 Å². The number of nitrogens with two attached hydrogens (primary N) is 1. The number of halogens is 1. The lowest BCUT2D eigenvalue weighted by atomic mass is 10.1. The molecule has 1 fully saturated rings. The molecule has 1 aliphatic heterocycles. The van der Waals surface area contributed by atoms with Crippen LogP contribution in [0.2, 0.25) is 5.02 Å². The lowest BCUT2D eigenvalue weighted by molar-refractivity contribution is 0.169. The number of aromatic nitrogens is 2. The highest BCUT2D eigenvalue weighted by molar-refractivity contribution is 6.32. The highest BCUT2D eigenvalue weighted by Crippen LogP contribution is 2.26. The summed E-state index contributed by atoms with van der Waals surface area (Å²) in [5.41, 5.74) is 5.61. The van der Waals surface area contributed by atoms with Crippen LogP contribution in [0, 0.1) is 0 Å². The summed E-state index contributed by atoms with van der Waals surface area (Å²) in [6, 6.07) is 0.928. The predicted octanol–water partition coefficient (Wildman–Crippen LogP) is 1.24. The smallest absolute Gasteiger partial charge is 0.222 e. The van der Waals surface area contributed by atoms with Gasteiger partial charge in [0.2, 0.25) is 5.95 Å². The summed E-state index contributed by atoms with van der Waals surface area (Å²) in [5.74, 6) is 1.01. The van der Waals surface area contributed by atoms with Gasteiger partial charge in [0.1, 0.15) is 5.02 Å². The maximum Gasteiger partial charge on any atom is 0.222 e. The molecule has 2 unspecified atom stereocenters. The van der Waals surface area contributed by atoms with Gasteiger partial charge in [-0.25, -0.2) is 4.98 Å². The second-order valence-corrected chi connectivity index (χ2v) is 5.08. The van der Waals surface area contributed by atoms with Crippen molar-refractivity contribution < 1.29 is 0 Å². The zero-order valence-electron chi connectivity index (χ0n) is 10.4. The van der Waals surface area contributed by atoms with Crippen molar-refractivity contribution in [3.63, 3.8) is 0 Å². The molecule has 6 heteroatoms. The molecule has 1 aromatic heterocycles. The Balaban J connectivity index is 2.25. The Kier molecular flexibility index (Phi) is 3.40. The van der Waals surface area contributed by atoms with Gasteiger partial charge in [-0.15, -0.1) is 0 Å². The molecule has 2 N–H and O–H groups in total. The van der Waals surface area contributed by atoms with Crippen LogP contribution in [-0.2, 0) is 0 Å². The van der Waals surface area contributed by atoms with Crippen molar-refractivity contribution >= 4 is 23.4 Å². The molecule has 0 amide bonds. The van der Waals surface area contributed by atoms with Crippen LogP contribution >= 0.6 is 11.6 Å². The van der Waals surface area contributed by atoms with Crippen LogP contribution in [0.1, 0.15) is 13.8 Å². The van der Waals surface area contributed by atoms with Crippen molar-refractivity contribution in [3.8, 4) is 0 Å². The monoisotopic (exact) mass is 255 g/mol. The van der Waals surface area contributed by atoms with E-state index >= 15 is 0 Å². The van der Waals surface area contributed by atoms with Gasteiger partial charge in [0.05, 0.1) is 6.20 Å². The van der Waals surface area contributed by atoms with Gasteiger partial charge < -0.3 is 10.6 Å². The molecule has 1 aromatic rings. The summed E-state index contributed by atoms with van der Waals surface area (Å²) in [5, 5.41) is 0.558. The Bertz CT molecular complexity index is 399. The number of hydrogen-bond donors (Lipinski definition) is 1. The Hall–Kier alpha value is -1.07. The summed E-state index contributed by atoms with van der Waals surface area (Å²) in [4.78, 5) is 12.6. The standard InChI is InChI=1S/C11H18ClN5/c1-7-5-17(6-8(2)16(7)3)10-9(12)4-14-11(13)15-10/h4,7-8H,5-6H2,1-3H3,(H2,13,14,15). The lowest BCUT2D eigenvalue weighted by Gasteiger charge is -2.43. The van der Waals surface area contributed by atoms with E-state index in [4.69, 9.17) is 17.3 Å². The van der Waals surface area contributed by atoms with Gasteiger partial charge in [-0.2, -0.15) is 4.98 Å². The van der Waals surface area contributed by atoms with Gasteiger partial charge in [0.15, 0.2) is 5.82 Å². The van der Waals surface area contributed by atoms with E-state index in [1.54, 1.807) is 6.20 Å². The third kappa shape index (κ3) is 2.45. The van der Waals surface area contributed by atoms with E-state index in [-0.39, 0.29) is 5.95 Å². The number of nitrogens with zero attached hydrogens (tertiary/aromatic N) is 4. The van der Waals surface area contributed by atoms with E-state index in [0.717, 1.165) is 18.9 Å². The Morgan fingerprint density at radius 3 is 2.53 bits per heavy atom. The molecule has 94 valence electrons. The molecule has 0 spiro atoms. The van der Waals surface area contributed by atoms with Crippen LogP contribution in [-0.4, -0.2) is 47.1 Å². The van der Waals surface area contributed by atoms with E-state index in [1.165, 1.54) is 0 Å². The zero-order chi connectivity index (χ0) is 12.6. The molecule has 5 nitrogen and oxygen atoms in total. The fourth-order valence-electron chi connectivity index (χ4n) is 2.17. The van der Waals surface area contributed by atoms with Gasteiger partial charge in [0, 0.05) is 25.2 Å². The van der Waals surface area contributed by atoms with E-state index in [9.17, 15) is 0 Å². The van der Waals surface area contributed by atoms with Gasteiger partial charge in [0.25, 0.3) is 0 Å². The predicted molar refractivity (Wildman–Crippen MR) is 70.4 cm³/mol. The summed E-state index contributed by atoms with van der Waals surface area (Å²) in [7, 11) is 2.14. The summed E-state index contributed by atoms with van der Waals surface area (Å²) >= 11 is 6.13. The van der Waals surface area contributed by atoms with Gasteiger partial charge in [-0.05, 0) is 20.9 Å². The number of hydrogen-bond acceptors (Lipinski definition) is 5. The molecule has 0 radical (unpaired) electrons. The maximum atomic E-state index is 6.13. The summed E-state index contributed by atoms with van der Waals surface area (Å²) in [6.45, 7) is 6.19. The second kappa shape index (κ2) is 4.66. The van der Waals surface area contributed by atoms with Crippen LogP contribution in [0.15, 0.2) is 6.20 Å². The van der Waals surface area contributed by atoms with Crippen LogP contribution in [0.25, 0.3) is 0 Å². The van der Waals surface area contributed by atoms with Gasteiger partial charge in [-0.1, -0.05) is 11.6 Å². The first-order valence-corrected chi connectivity index (χ1v) is 6.11. The average molecular weight is 256 g/mol. The topological polar surface area (TPSA) is 58.3 Å². The summed E-state index contributed by atoms with van der Waals surface area (Å²) in [6.07, 6.45) is 1.56. The molecule has 17 heavy (non-hydrogen) atoms. The van der Waals surface area contributed by atoms with Crippen molar-refractivity contribution in [1.29, 1.82) is 0 Å². The molecular formula is C11H18ClN5. The Morgan fingerprint density at radius 1 is 1.35 bits per heavy atom. The highest BCUT2D eigenvalue weighted by atomic mass is 35.5. The fourth-order valence-corrected chi connectivity index (χ4v) is 2.38. The zero-order valence-corrected chi connectivity index (χ0v) is 11.1. The Morgan fingerprint density at radius 2 is 1.94 bits per heavy atom. The average Bonchev–Trinajstić information content (AvgIpc) is 2.28. The van der Waals surface area contributed by atoms with Crippen LogP contribution in [0.3, 0.4) is 0 Å². The molecule has 0 bridgehead atoms. The quantitative estimate of drug-likeness (QED) is 0.818. The third-order valence-electron chi connectivity index (χ3n) is 3.40. The number of nitrogen functional groups attached to an aromatic ring is 1. The van der Waals surface area contributed by atoms with E-state index in [0.29, 0.717) is 17.1 Å². The fraction of sp³-hybridized carbons (Fsp3) is 0.636. The largest absolute Gasteiger partial charge is 0.368 e. The SMILES string of the molecule is CC1CN(c2nc(N)ncc2Cl)CC(C)N1C. The van der Waals surface area contributed by atoms with Crippen molar-refractivity contribution in [2.45, 2.75) is 25.9 Å². The van der Waals surface area contributed by atoms with E-state index in [2.05, 4.69) is 40.7 Å². The second-order valence-electron chi connectivity index (χ2n) is 4.67. The molecule has 1 saturated heterocycles. The molecule has 0 aromatic carbocycles. The lowest BCUT2D eigenvalue weighted by Crippen LogP contribution is -2.55. The molecular weight excluding hydrogens is 238 g/mol. The number of rotatable bonds is 1. The maximum absolute atomic E-state index is 6.13. The van der Waals surface area contributed by atoms with Crippen molar-refractivity contribution in [3.05, 3.63) is 11.2 Å². The van der Waals surface area contributed by atoms with Gasteiger partial charge in [-0.3, -0.25) is 4.90 Å². The third-order valence-corrected chi connectivity index (χ3v) is 3.67. The molecule has 2 atom stereocenters. The molecule has 0 saturated carbocycles. The van der Waals surface area contributed by atoms with Crippen molar-refractivity contribution in [2.24, 2.45) is 0 Å². The van der Waals surface area contributed by atoms with Crippen LogP contribution in [0.4, 0.5) is 11.8 Å². The normalized spacial score (nSPS) is 26.2. The van der Waals surface area contributed by atoms with Crippen molar-refractivity contribution in [2.75, 3.05) is 30.8 Å². The minimum Gasteiger partial charge on any atom is -0.368 e. The van der Waals surface area contributed by atoms with Crippen LogP contribution in [0.5, 0.6) is 0 Å². The minimum absolute atomic E-state index is 0.267. The molecule has 2 heterocycles. The van der Waals surface area contributed by atoms with E-state index in [1.807, 2.05) is 0 Å². The molecule has 1 aliphatic rings.